The van der Waals surface area contributed by atoms with Gasteiger partial charge in [0.05, 0.1) is 6.20 Å². The van der Waals surface area contributed by atoms with Crippen LogP contribution in [0.2, 0.25) is 0 Å². The van der Waals surface area contributed by atoms with Gasteiger partial charge in [-0.05, 0) is 12.1 Å². The van der Waals surface area contributed by atoms with E-state index in [-0.39, 0.29) is 11.4 Å². The molecule has 0 fully saturated rings. The zero-order valence-corrected chi connectivity index (χ0v) is 10.3. The summed E-state index contributed by atoms with van der Waals surface area (Å²) in [6, 6.07) is 5.07. The monoisotopic (exact) mass is 280 g/mol. The maximum absolute atomic E-state index is 13.0. The zero-order chi connectivity index (χ0) is 14.8. The molecule has 0 aromatic carbocycles. The summed E-state index contributed by atoms with van der Waals surface area (Å²) in [6.45, 7) is 3.31. The lowest BCUT2D eigenvalue weighted by atomic mass is 10.1. The van der Waals surface area contributed by atoms with Crippen LogP contribution in [0.25, 0.3) is 5.65 Å². The van der Waals surface area contributed by atoms with Gasteiger partial charge in [0.1, 0.15) is 5.65 Å². The van der Waals surface area contributed by atoms with Crippen LogP contribution in [0.1, 0.15) is 0 Å². The molecule has 0 radical (unpaired) electrons. The molecule has 0 saturated heterocycles. The van der Waals surface area contributed by atoms with Crippen LogP contribution in [0.15, 0.2) is 60.0 Å². The summed E-state index contributed by atoms with van der Waals surface area (Å²) >= 11 is 0. The van der Waals surface area contributed by atoms with E-state index in [1.165, 1.54) is 10.6 Å². The van der Waals surface area contributed by atoms with Crippen LogP contribution < -0.4 is 5.73 Å². The predicted octanol–water partition coefficient (Wildman–Crippen LogP) is 3.00. The zero-order valence-electron chi connectivity index (χ0n) is 10.3. The van der Waals surface area contributed by atoms with Crippen molar-refractivity contribution < 1.29 is 13.2 Å². The summed E-state index contributed by atoms with van der Waals surface area (Å²) in [5, 5.41) is 0. The highest BCUT2D eigenvalue weighted by atomic mass is 19.4. The van der Waals surface area contributed by atoms with E-state index >= 15 is 0 Å². The lowest BCUT2D eigenvalue weighted by Crippen LogP contribution is -2.24. The number of allylic oxidation sites excluding steroid dienone is 2. The molecule has 0 aliphatic carbocycles. The highest BCUT2D eigenvalue weighted by molar-refractivity contribution is 6.07. The molecular formula is C13H11F3N4. The van der Waals surface area contributed by atoms with Crippen molar-refractivity contribution in [2.24, 2.45) is 10.7 Å². The van der Waals surface area contributed by atoms with Crippen molar-refractivity contribution in [1.82, 2.24) is 9.38 Å². The number of imidazole rings is 1. The minimum Gasteiger partial charge on any atom is -0.404 e. The van der Waals surface area contributed by atoms with Gasteiger partial charge in [-0.25, -0.2) is 9.98 Å². The molecule has 0 aliphatic rings. The van der Waals surface area contributed by atoms with Crippen molar-refractivity contribution in [2.75, 3.05) is 0 Å². The van der Waals surface area contributed by atoms with Gasteiger partial charge in [0.15, 0.2) is 11.5 Å². The molecule has 4 nitrogen and oxygen atoms in total. The van der Waals surface area contributed by atoms with Crippen LogP contribution in [0.5, 0.6) is 0 Å². The summed E-state index contributed by atoms with van der Waals surface area (Å²) < 4.78 is 40.5. The number of nitrogens with zero attached hydrogens (tertiary/aromatic N) is 3. The van der Waals surface area contributed by atoms with Crippen LogP contribution in [0.3, 0.4) is 0 Å². The number of fused-ring (bicyclic) bond motifs is 1. The van der Waals surface area contributed by atoms with E-state index in [1.54, 1.807) is 24.4 Å². The minimum absolute atomic E-state index is 0.0640. The molecule has 7 heteroatoms. The molecule has 0 atom stereocenters. The number of rotatable bonds is 3. The topological polar surface area (TPSA) is 55.7 Å². The summed E-state index contributed by atoms with van der Waals surface area (Å²) in [5.41, 5.74) is 4.29. The van der Waals surface area contributed by atoms with Crippen LogP contribution >= 0.6 is 0 Å². The second-order valence-corrected chi connectivity index (χ2v) is 3.83. The smallest absolute Gasteiger partial charge is 0.404 e. The first-order chi connectivity index (χ1) is 9.47. The third kappa shape index (κ3) is 2.56. The van der Waals surface area contributed by atoms with Gasteiger partial charge in [-0.2, -0.15) is 13.2 Å². The number of nitrogens with two attached hydrogens (primary N) is 1. The molecule has 2 heterocycles. The van der Waals surface area contributed by atoms with Gasteiger partial charge in [0, 0.05) is 18.0 Å². The Morgan fingerprint density at radius 1 is 1.40 bits per heavy atom. The fraction of sp³-hybridized carbons (Fsp3) is 0.0769. The Balaban J connectivity index is 2.62. The molecule has 2 N–H and O–H groups in total. The Morgan fingerprint density at radius 2 is 2.15 bits per heavy atom. The molecule has 2 aromatic rings. The summed E-state index contributed by atoms with van der Waals surface area (Å²) in [6.07, 6.45) is 0.0314. The van der Waals surface area contributed by atoms with Crippen molar-refractivity contribution in [3.63, 3.8) is 0 Å². The molecule has 0 saturated carbocycles. The highest BCUT2D eigenvalue weighted by Gasteiger charge is 2.37. The van der Waals surface area contributed by atoms with E-state index in [9.17, 15) is 13.2 Å². The van der Waals surface area contributed by atoms with Crippen molar-refractivity contribution >= 4 is 17.2 Å². The van der Waals surface area contributed by atoms with Gasteiger partial charge in [-0.3, -0.25) is 4.40 Å². The van der Waals surface area contributed by atoms with Gasteiger partial charge in [-0.15, -0.1) is 0 Å². The number of hydrogen-bond donors (Lipinski definition) is 1. The van der Waals surface area contributed by atoms with Gasteiger partial charge in [0.2, 0.25) is 0 Å². The molecular weight excluding hydrogens is 269 g/mol. The summed E-state index contributed by atoms with van der Waals surface area (Å²) in [7, 11) is 0. The average Bonchev–Trinajstić information content (AvgIpc) is 2.81. The largest absolute Gasteiger partial charge is 0.434 e. The number of hydrogen-bond acceptors (Lipinski definition) is 3. The van der Waals surface area contributed by atoms with Gasteiger partial charge in [0.25, 0.3) is 0 Å². The molecule has 0 amide bonds. The molecule has 0 spiro atoms. The molecule has 104 valence electrons. The number of pyridine rings is 1. The maximum atomic E-state index is 13.0. The van der Waals surface area contributed by atoms with Crippen LogP contribution in [-0.4, -0.2) is 21.3 Å². The molecule has 2 rings (SSSR count). The SMILES string of the molecule is C=CC(=CN)C(=Nc1cnc2ccccn12)C(F)(F)F. The van der Waals surface area contributed by atoms with E-state index in [0.29, 0.717) is 5.65 Å². The lowest BCUT2D eigenvalue weighted by Gasteiger charge is -2.10. The Labute approximate surface area is 112 Å². The molecule has 0 aliphatic heterocycles. The van der Waals surface area contributed by atoms with Crippen molar-refractivity contribution in [2.45, 2.75) is 6.18 Å². The van der Waals surface area contributed by atoms with Crippen LogP contribution in [0.4, 0.5) is 19.0 Å². The number of aliphatic imine (C=N–C) groups is 1. The van der Waals surface area contributed by atoms with Crippen molar-refractivity contribution in [1.29, 1.82) is 0 Å². The standard InChI is InChI=1S/C13H11F3N4/c1-2-9(7-17)12(13(14,15)16)19-11-8-18-10-5-3-4-6-20(10)11/h2-8H,1,17H2. The number of aromatic nitrogens is 2. The third-order valence-corrected chi connectivity index (χ3v) is 2.57. The van der Waals surface area contributed by atoms with E-state index < -0.39 is 11.9 Å². The van der Waals surface area contributed by atoms with Gasteiger partial charge in [-0.1, -0.05) is 18.7 Å². The van der Waals surface area contributed by atoms with Crippen LogP contribution in [0, 0.1) is 0 Å². The number of alkyl halides is 3. The lowest BCUT2D eigenvalue weighted by molar-refractivity contribution is -0.0580. The van der Waals surface area contributed by atoms with Crippen LogP contribution in [-0.2, 0) is 0 Å². The Hall–Kier alpha value is -2.57. The first-order valence-corrected chi connectivity index (χ1v) is 5.60. The van der Waals surface area contributed by atoms with E-state index in [1.807, 2.05) is 0 Å². The van der Waals surface area contributed by atoms with E-state index in [4.69, 9.17) is 5.73 Å². The van der Waals surface area contributed by atoms with Crippen molar-refractivity contribution in [3.05, 3.63) is 55.0 Å². The van der Waals surface area contributed by atoms with Gasteiger partial charge >= 0.3 is 6.18 Å². The minimum atomic E-state index is -4.64. The van der Waals surface area contributed by atoms with E-state index in [2.05, 4.69) is 16.6 Å². The first-order valence-electron chi connectivity index (χ1n) is 5.60. The molecule has 20 heavy (non-hydrogen) atoms. The third-order valence-electron chi connectivity index (χ3n) is 2.57. The normalized spacial score (nSPS) is 13.8. The molecule has 2 aromatic heterocycles. The summed E-state index contributed by atoms with van der Waals surface area (Å²) in [5.74, 6) is 0.0640. The maximum Gasteiger partial charge on any atom is 0.434 e. The second kappa shape index (κ2) is 5.20. The van der Waals surface area contributed by atoms with E-state index in [0.717, 1.165) is 12.3 Å². The fourth-order valence-electron chi connectivity index (χ4n) is 1.65. The Morgan fingerprint density at radius 3 is 2.75 bits per heavy atom. The van der Waals surface area contributed by atoms with Gasteiger partial charge < -0.3 is 5.73 Å². The first kappa shape index (κ1) is 13.9. The second-order valence-electron chi connectivity index (χ2n) is 3.83. The van der Waals surface area contributed by atoms with Crippen molar-refractivity contribution in [3.8, 4) is 0 Å². The Bertz CT molecular complexity index is 695. The highest BCUT2D eigenvalue weighted by Crippen LogP contribution is 2.26. The average molecular weight is 280 g/mol. The Kier molecular flexibility index (Phi) is 3.60. The molecule has 0 bridgehead atoms. The number of halogens is 3. The quantitative estimate of drug-likeness (QED) is 0.694. The molecule has 0 unspecified atom stereocenters. The fourth-order valence-corrected chi connectivity index (χ4v) is 1.65. The summed E-state index contributed by atoms with van der Waals surface area (Å²) in [4.78, 5) is 7.61. The predicted molar refractivity (Wildman–Crippen MR) is 70.8 cm³/mol.